The molecule has 2 N–H and O–H groups in total. The molecule has 0 radical (unpaired) electrons. The van der Waals surface area contributed by atoms with Gasteiger partial charge in [0, 0.05) is 29.8 Å². The average molecular weight is 562 g/mol. The zero-order chi connectivity index (χ0) is 28.6. The molecule has 42 heavy (non-hydrogen) atoms. The Hall–Kier alpha value is -4.20. The van der Waals surface area contributed by atoms with Gasteiger partial charge in [0.15, 0.2) is 5.82 Å². The highest BCUT2D eigenvalue weighted by molar-refractivity contribution is 6.14. The minimum Gasteiger partial charge on any atom is -0.337 e. The standard InChI is InChI=1S/C35H33F2N5/c1-22-15-23(20-42-13-3-2-4-14-42)17-26(16-22)28-12-11-25-19-38-21-39-34(31(25)32(28)37)35-40-30-10-6-9-29(33(30)41-35)24-7-5-8-27(36)18-24/h5-12,15-18,38H,2-4,13-14,19-21H2,1H3,(H,40,41). The molecular formula is C35H33F2N5. The van der Waals surface area contributed by atoms with Gasteiger partial charge in [-0.15, -0.1) is 0 Å². The number of nitrogens with zero attached hydrogens (tertiary/aromatic N) is 3. The number of aromatic amines is 1. The lowest BCUT2D eigenvalue weighted by molar-refractivity contribution is 0.221. The van der Waals surface area contributed by atoms with Crippen LogP contribution < -0.4 is 5.32 Å². The maximum absolute atomic E-state index is 16.7. The van der Waals surface area contributed by atoms with Crippen LogP contribution in [0.25, 0.3) is 33.3 Å². The van der Waals surface area contributed by atoms with Gasteiger partial charge < -0.3 is 4.98 Å². The minimum atomic E-state index is -0.307. The lowest BCUT2D eigenvalue weighted by Gasteiger charge is -2.26. The number of nitrogens with one attached hydrogen (secondary N) is 2. The Bertz CT molecular complexity index is 1820. The number of aromatic nitrogens is 2. The van der Waals surface area contributed by atoms with Crippen molar-refractivity contribution in [3.8, 4) is 22.3 Å². The first kappa shape index (κ1) is 26.7. The number of benzene rings is 4. The summed E-state index contributed by atoms with van der Waals surface area (Å²) in [6, 6.07) is 22.5. The van der Waals surface area contributed by atoms with Crippen LogP contribution in [0.1, 0.15) is 47.3 Å². The van der Waals surface area contributed by atoms with E-state index in [2.05, 4.69) is 40.3 Å². The van der Waals surface area contributed by atoms with Crippen molar-refractivity contribution in [3.63, 3.8) is 0 Å². The third-order valence-electron chi connectivity index (χ3n) is 8.31. The Morgan fingerprint density at radius 3 is 2.57 bits per heavy atom. The summed E-state index contributed by atoms with van der Waals surface area (Å²) in [5.41, 5.74) is 8.54. The molecule has 3 heterocycles. The van der Waals surface area contributed by atoms with Gasteiger partial charge >= 0.3 is 0 Å². The van der Waals surface area contributed by atoms with Crippen LogP contribution >= 0.6 is 0 Å². The van der Waals surface area contributed by atoms with Gasteiger partial charge in [-0.1, -0.05) is 60.5 Å². The van der Waals surface area contributed by atoms with Crippen LogP contribution in [0.3, 0.4) is 0 Å². The topological polar surface area (TPSA) is 56.3 Å². The summed E-state index contributed by atoms with van der Waals surface area (Å²) in [5, 5.41) is 3.29. The maximum Gasteiger partial charge on any atom is 0.157 e. The number of hydrogen-bond acceptors (Lipinski definition) is 4. The van der Waals surface area contributed by atoms with Crippen molar-refractivity contribution in [3.05, 3.63) is 113 Å². The van der Waals surface area contributed by atoms with Crippen molar-refractivity contribution >= 4 is 16.7 Å². The number of halogens is 2. The maximum atomic E-state index is 16.7. The first-order valence-electron chi connectivity index (χ1n) is 14.7. The third kappa shape index (κ3) is 5.14. The highest BCUT2D eigenvalue weighted by Crippen LogP contribution is 2.33. The van der Waals surface area contributed by atoms with E-state index >= 15 is 4.39 Å². The van der Waals surface area contributed by atoms with E-state index in [1.165, 1.54) is 37.0 Å². The van der Waals surface area contributed by atoms with E-state index in [1.807, 2.05) is 36.4 Å². The van der Waals surface area contributed by atoms with Gasteiger partial charge in [-0.3, -0.25) is 15.2 Å². The second-order valence-electron chi connectivity index (χ2n) is 11.4. The number of fused-ring (bicyclic) bond motifs is 2. The molecule has 4 aromatic carbocycles. The van der Waals surface area contributed by atoms with Crippen molar-refractivity contribution in [2.24, 2.45) is 4.99 Å². The van der Waals surface area contributed by atoms with Gasteiger partial charge in [0.05, 0.1) is 17.7 Å². The summed E-state index contributed by atoms with van der Waals surface area (Å²) in [6.07, 6.45) is 3.77. The lowest BCUT2D eigenvalue weighted by Crippen LogP contribution is -2.29. The normalized spacial score (nSPS) is 15.8. The average Bonchev–Trinajstić information content (AvgIpc) is 3.30. The van der Waals surface area contributed by atoms with Gasteiger partial charge in [0.1, 0.15) is 17.3 Å². The Morgan fingerprint density at radius 1 is 0.857 bits per heavy atom. The molecule has 7 rings (SSSR count). The molecule has 1 saturated heterocycles. The molecule has 0 bridgehead atoms. The number of likely N-dealkylation sites (tertiary alicyclic amines) is 1. The number of hydrogen-bond donors (Lipinski definition) is 2. The van der Waals surface area contributed by atoms with Gasteiger partial charge in [-0.2, -0.15) is 0 Å². The SMILES string of the molecule is Cc1cc(CN2CCCCC2)cc(-c2ccc3c(c2F)C(c2nc4c(-c5cccc(F)c5)cccc4[nH]2)=NCNC3)c1. The van der Waals surface area contributed by atoms with Crippen LogP contribution in [0.2, 0.25) is 0 Å². The predicted octanol–water partition coefficient (Wildman–Crippen LogP) is 7.37. The molecule has 2 aliphatic rings. The molecule has 0 atom stereocenters. The molecular weight excluding hydrogens is 528 g/mol. The molecule has 212 valence electrons. The summed E-state index contributed by atoms with van der Waals surface area (Å²) in [4.78, 5) is 15.5. The van der Waals surface area contributed by atoms with Crippen LogP contribution in [0.15, 0.2) is 77.8 Å². The Kier molecular flexibility index (Phi) is 7.14. The zero-order valence-electron chi connectivity index (χ0n) is 23.7. The number of aliphatic imine (C=N–C) groups is 1. The zero-order valence-corrected chi connectivity index (χ0v) is 23.7. The van der Waals surface area contributed by atoms with Crippen molar-refractivity contribution in [1.82, 2.24) is 20.2 Å². The molecule has 5 nitrogen and oxygen atoms in total. The number of imidazole rings is 1. The van der Waals surface area contributed by atoms with Gasteiger partial charge in [0.25, 0.3) is 0 Å². The van der Waals surface area contributed by atoms with Crippen LogP contribution in [0, 0.1) is 18.6 Å². The largest absolute Gasteiger partial charge is 0.337 e. The van der Waals surface area contributed by atoms with Gasteiger partial charge in [-0.25, -0.2) is 13.8 Å². The molecule has 1 aromatic heterocycles. The highest BCUT2D eigenvalue weighted by Gasteiger charge is 2.25. The third-order valence-corrected chi connectivity index (χ3v) is 8.31. The monoisotopic (exact) mass is 561 g/mol. The smallest absolute Gasteiger partial charge is 0.157 e. The first-order chi connectivity index (χ1) is 20.5. The molecule has 0 amide bonds. The van der Waals surface area contributed by atoms with Crippen molar-refractivity contribution in [2.75, 3.05) is 19.8 Å². The molecule has 0 spiro atoms. The Morgan fingerprint density at radius 2 is 1.71 bits per heavy atom. The summed E-state index contributed by atoms with van der Waals surface area (Å²) in [6.45, 7) is 6.03. The minimum absolute atomic E-state index is 0.296. The van der Waals surface area contributed by atoms with Crippen molar-refractivity contribution in [1.29, 1.82) is 0 Å². The number of aryl methyl sites for hydroxylation is 1. The van der Waals surface area contributed by atoms with Gasteiger partial charge in [-0.05, 0) is 79.4 Å². The molecule has 0 aliphatic carbocycles. The van der Waals surface area contributed by atoms with Gasteiger partial charge in [0.2, 0.25) is 0 Å². The van der Waals surface area contributed by atoms with E-state index in [1.54, 1.807) is 6.07 Å². The Labute approximate surface area is 244 Å². The summed E-state index contributed by atoms with van der Waals surface area (Å²) in [5.74, 6) is -0.113. The fraction of sp³-hybridized carbons (Fsp3) is 0.257. The summed E-state index contributed by atoms with van der Waals surface area (Å²) < 4.78 is 30.8. The number of para-hydroxylation sites is 1. The van der Waals surface area contributed by atoms with E-state index in [-0.39, 0.29) is 11.6 Å². The van der Waals surface area contributed by atoms with Crippen molar-refractivity contribution in [2.45, 2.75) is 39.3 Å². The van der Waals surface area contributed by atoms with E-state index in [4.69, 9.17) is 9.98 Å². The van der Waals surface area contributed by atoms with Crippen LogP contribution in [0.5, 0.6) is 0 Å². The quantitative estimate of drug-likeness (QED) is 0.236. The molecule has 7 heteroatoms. The van der Waals surface area contributed by atoms with E-state index in [0.29, 0.717) is 41.4 Å². The molecule has 1 fully saturated rings. The van der Waals surface area contributed by atoms with E-state index in [0.717, 1.165) is 53.0 Å². The van der Waals surface area contributed by atoms with E-state index in [9.17, 15) is 4.39 Å². The number of rotatable bonds is 5. The fourth-order valence-corrected chi connectivity index (χ4v) is 6.36. The Balaban J connectivity index is 1.31. The predicted molar refractivity (Wildman–Crippen MR) is 165 cm³/mol. The second kappa shape index (κ2) is 11.2. The summed E-state index contributed by atoms with van der Waals surface area (Å²) >= 11 is 0. The highest BCUT2D eigenvalue weighted by atomic mass is 19.1. The molecule has 0 unspecified atom stereocenters. The van der Waals surface area contributed by atoms with Crippen molar-refractivity contribution < 1.29 is 8.78 Å². The first-order valence-corrected chi connectivity index (χ1v) is 14.7. The van der Waals surface area contributed by atoms with Crippen LogP contribution in [0.4, 0.5) is 8.78 Å². The molecule has 0 saturated carbocycles. The van der Waals surface area contributed by atoms with Crippen LogP contribution in [-0.4, -0.2) is 40.3 Å². The fourth-order valence-electron chi connectivity index (χ4n) is 6.36. The van der Waals surface area contributed by atoms with E-state index < -0.39 is 0 Å². The summed E-state index contributed by atoms with van der Waals surface area (Å²) in [7, 11) is 0. The lowest BCUT2D eigenvalue weighted by atomic mass is 9.93. The molecule has 2 aliphatic heterocycles. The van der Waals surface area contributed by atoms with Crippen LogP contribution in [-0.2, 0) is 13.1 Å². The second-order valence-corrected chi connectivity index (χ2v) is 11.4. The number of H-pyrrole nitrogens is 1. The molecule has 5 aromatic rings. The number of piperidine rings is 1.